The van der Waals surface area contributed by atoms with E-state index < -0.39 is 0 Å². The van der Waals surface area contributed by atoms with Crippen LogP contribution in [0.25, 0.3) is 0 Å². The van der Waals surface area contributed by atoms with Crippen LogP contribution in [0, 0.1) is 46.3 Å². The van der Waals surface area contributed by atoms with Crippen LogP contribution in [0.15, 0.2) is 36.0 Å². The third kappa shape index (κ3) is 15.9. The number of unbranched alkanes of at least 4 members (excludes halogenated alkanes) is 11. The molecule has 1 heterocycles. The highest BCUT2D eigenvalue weighted by Gasteiger charge is 2.59. The molecule has 352 valence electrons. The number of hydrogen-bond donors (Lipinski definition) is 0. The number of fused-ring (bicyclic) bond motifs is 5. The average molecular weight is 848 g/mol. The Bertz CT molecular complexity index is 1270. The molecule has 4 heteroatoms. The van der Waals surface area contributed by atoms with Gasteiger partial charge in [-0.3, -0.25) is 4.90 Å². The van der Waals surface area contributed by atoms with Crippen molar-refractivity contribution in [2.75, 3.05) is 39.5 Å². The van der Waals surface area contributed by atoms with Crippen molar-refractivity contribution in [1.82, 2.24) is 4.90 Å². The van der Waals surface area contributed by atoms with Crippen LogP contribution >= 0.6 is 0 Å². The summed E-state index contributed by atoms with van der Waals surface area (Å²) < 4.78 is 19.5. The van der Waals surface area contributed by atoms with Gasteiger partial charge in [-0.15, -0.1) is 0 Å². The average Bonchev–Trinajstić information content (AvgIpc) is 3.82. The highest BCUT2D eigenvalue weighted by Crippen LogP contribution is 2.67. The Kier molecular flexibility index (Phi) is 23.0. The lowest BCUT2D eigenvalue weighted by molar-refractivity contribution is -0.0801. The Morgan fingerprint density at radius 1 is 0.754 bits per heavy atom. The zero-order valence-electron chi connectivity index (χ0n) is 41.6. The van der Waals surface area contributed by atoms with E-state index in [9.17, 15) is 0 Å². The molecule has 61 heavy (non-hydrogen) atoms. The van der Waals surface area contributed by atoms with E-state index in [1.165, 1.54) is 167 Å². The highest BCUT2D eigenvalue weighted by atomic mass is 16.6. The molecule has 0 aromatic rings. The Labute approximate surface area is 379 Å². The molecule has 4 nitrogen and oxygen atoms in total. The molecule has 0 spiro atoms. The van der Waals surface area contributed by atoms with Crippen LogP contribution in [0.3, 0.4) is 0 Å². The van der Waals surface area contributed by atoms with Crippen molar-refractivity contribution in [2.24, 2.45) is 46.3 Å². The van der Waals surface area contributed by atoms with E-state index in [1.807, 2.05) is 0 Å². The van der Waals surface area contributed by atoms with E-state index >= 15 is 0 Å². The Hall–Kier alpha value is -0.940. The first-order valence-corrected chi connectivity index (χ1v) is 27.2. The molecule has 10 atom stereocenters. The van der Waals surface area contributed by atoms with E-state index in [0.717, 1.165) is 61.5 Å². The van der Waals surface area contributed by atoms with Crippen molar-refractivity contribution in [2.45, 2.75) is 240 Å². The van der Waals surface area contributed by atoms with Gasteiger partial charge in [0.25, 0.3) is 0 Å². The van der Waals surface area contributed by atoms with Crippen LogP contribution in [-0.4, -0.2) is 62.7 Å². The minimum absolute atomic E-state index is 0.133. The van der Waals surface area contributed by atoms with Crippen LogP contribution < -0.4 is 0 Å². The fourth-order valence-corrected chi connectivity index (χ4v) is 13.7. The third-order valence-corrected chi connectivity index (χ3v) is 17.5. The van der Waals surface area contributed by atoms with Gasteiger partial charge in [0.05, 0.1) is 32.0 Å². The van der Waals surface area contributed by atoms with Crippen molar-refractivity contribution in [3.05, 3.63) is 36.0 Å². The van der Waals surface area contributed by atoms with E-state index in [-0.39, 0.29) is 6.10 Å². The minimum Gasteiger partial charge on any atom is -0.379 e. The zero-order valence-corrected chi connectivity index (χ0v) is 41.6. The van der Waals surface area contributed by atoms with Gasteiger partial charge in [0.1, 0.15) is 0 Å². The molecule has 2 unspecified atom stereocenters. The molecular formula is C57H101NO3. The summed E-state index contributed by atoms with van der Waals surface area (Å²) in [4.78, 5) is 2.62. The minimum atomic E-state index is 0.133. The van der Waals surface area contributed by atoms with Gasteiger partial charge in [0.2, 0.25) is 0 Å². The summed E-state index contributed by atoms with van der Waals surface area (Å²) in [5.41, 5.74) is 2.70. The maximum absolute atomic E-state index is 6.65. The summed E-state index contributed by atoms with van der Waals surface area (Å²) in [7, 11) is 0. The number of likely N-dealkylation sites (tertiary alicyclic amines) is 1. The lowest BCUT2D eigenvalue weighted by Crippen LogP contribution is -2.51. The second-order valence-corrected chi connectivity index (χ2v) is 22.4. The summed E-state index contributed by atoms with van der Waals surface area (Å²) in [6.45, 7) is 22.6. The van der Waals surface area contributed by atoms with Gasteiger partial charge in [0, 0.05) is 19.2 Å². The highest BCUT2D eigenvalue weighted by molar-refractivity contribution is 5.25. The van der Waals surface area contributed by atoms with E-state index in [4.69, 9.17) is 14.2 Å². The van der Waals surface area contributed by atoms with Gasteiger partial charge in [-0.2, -0.15) is 0 Å². The van der Waals surface area contributed by atoms with Crippen LogP contribution in [0.4, 0.5) is 0 Å². The maximum Gasteiger partial charge on any atom is 0.0936 e. The topological polar surface area (TPSA) is 30.9 Å². The monoisotopic (exact) mass is 848 g/mol. The fraction of sp³-hybridized carbons (Fsp3) is 0.895. The predicted octanol–water partition coefficient (Wildman–Crippen LogP) is 15.9. The summed E-state index contributed by atoms with van der Waals surface area (Å²) >= 11 is 0. The van der Waals surface area contributed by atoms with Gasteiger partial charge < -0.3 is 14.2 Å². The molecule has 1 saturated heterocycles. The first-order valence-electron chi connectivity index (χ1n) is 27.2. The van der Waals surface area contributed by atoms with Crippen LogP contribution in [0.2, 0.25) is 0 Å². The Balaban J connectivity index is 0.940. The van der Waals surface area contributed by atoms with E-state index in [0.29, 0.717) is 42.8 Å². The quantitative estimate of drug-likeness (QED) is 0.0514. The molecule has 4 aliphatic carbocycles. The van der Waals surface area contributed by atoms with E-state index in [1.54, 1.807) is 5.57 Å². The molecule has 3 saturated carbocycles. The molecule has 5 rings (SSSR count). The standard InChI is InChI=1S/C57H101NO3/c1-8-9-10-11-12-13-14-15-16-17-18-19-20-21-22-23-24-25-40-59-45-51(44-58-39-27-30-48(58)5)61-42-41-60-50-35-37-56(6)49(43-50)31-32-52-54-34-33-53(47(4)29-26-28-46(2)3)57(54,7)38-36-55(52)56/h12-13,15-16,31,46-48,50-55H,8-11,14,17-30,32-45H2,1-7H3/b13-12-,16-15-/t47-,48?,50+,51?,52+,53-,54+,55+,56+,57-/m1/s1. The fourth-order valence-electron chi connectivity index (χ4n) is 13.7. The summed E-state index contributed by atoms with van der Waals surface area (Å²) in [5.74, 6) is 5.39. The van der Waals surface area contributed by atoms with Crippen molar-refractivity contribution < 1.29 is 14.2 Å². The lowest BCUT2D eigenvalue weighted by Gasteiger charge is -2.58. The molecule has 0 aromatic carbocycles. The lowest BCUT2D eigenvalue weighted by atomic mass is 9.47. The second-order valence-electron chi connectivity index (χ2n) is 22.4. The number of nitrogens with zero attached hydrogens (tertiary/aromatic N) is 1. The molecule has 0 bridgehead atoms. The number of hydrogen-bond acceptors (Lipinski definition) is 4. The molecule has 0 radical (unpaired) electrons. The van der Waals surface area contributed by atoms with Crippen LogP contribution in [0.5, 0.6) is 0 Å². The maximum atomic E-state index is 6.65. The van der Waals surface area contributed by atoms with Crippen LogP contribution in [0.1, 0.15) is 222 Å². The molecule has 1 aliphatic heterocycles. The Morgan fingerprint density at radius 2 is 1.49 bits per heavy atom. The third-order valence-electron chi connectivity index (χ3n) is 17.5. The van der Waals surface area contributed by atoms with Gasteiger partial charge in [-0.1, -0.05) is 148 Å². The number of ether oxygens (including phenoxy) is 3. The molecular weight excluding hydrogens is 747 g/mol. The van der Waals surface area contributed by atoms with Gasteiger partial charge in [-0.05, 0) is 163 Å². The van der Waals surface area contributed by atoms with Crippen LogP contribution in [-0.2, 0) is 14.2 Å². The van der Waals surface area contributed by atoms with Crippen molar-refractivity contribution in [3.63, 3.8) is 0 Å². The number of allylic oxidation sites excluding steroid dienone is 5. The smallest absolute Gasteiger partial charge is 0.0936 e. The SMILES string of the molecule is CCCCC/C=C\C/C=C\CCCCCCCCCCOCC(CN1CCCC1C)OCCO[C@H]1CC[C@@]2(C)C(=CC[C@H]3[C@@H]4CC[C@H]([C@H](C)CCCC(C)C)[C@@]4(C)CC[C@@H]32)C1. The van der Waals surface area contributed by atoms with Gasteiger partial charge in [0.15, 0.2) is 0 Å². The van der Waals surface area contributed by atoms with Gasteiger partial charge >= 0.3 is 0 Å². The first kappa shape index (κ1) is 51.1. The normalized spacial score (nSPS) is 31.5. The predicted molar refractivity (Wildman–Crippen MR) is 262 cm³/mol. The largest absolute Gasteiger partial charge is 0.379 e. The molecule has 0 N–H and O–H groups in total. The van der Waals surface area contributed by atoms with Crippen molar-refractivity contribution in [1.29, 1.82) is 0 Å². The first-order chi connectivity index (χ1) is 29.7. The summed E-state index contributed by atoms with van der Waals surface area (Å²) in [6, 6.07) is 0.655. The summed E-state index contributed by atoms with van der Waals surface area (Å²) in [6.07, 6.45) is 48.7. The van der Waals surface area contributed by atoms with Crippen molar-refractivity contribution >= 4 is 0 Å². The van der Waals surface area contributed by atoms with Crippen molar-refractivity contribution in [3.8, 4) is 0 Å². The Morgan fingerprint density at radius 3 is 2.21 bits per heavy atom. The second kappa shape index (κ2) is 27.5. The van der Waals surface area contributed by atoms with E-state index in [2.05, 4.69) is 83.7 Å². The summed E-state index contributed by atoms with van der Waals surface area (Å²) in [5, 5.41) is 0. The molecule has 0 aromatic heterocycles. The number of rotatable bonds is 31. The molecule has 0 amide bonds. The zero-order chi connectivity index (χ0) is 43.3. The molecule has 4 fully saturated rings. The molecule has 5 aliphatic rings. The van der Waals surface area contributed by atoms with Gasteiger partial charge in [-0.25, -0.2) is 0 Å².